The van der Waals surface area contributed by atoms with Gasteiger partial charge in [-0.05, 0) is 54.0 Å². The van der Waals surface area contributed by atoms with E-state index in [4.69, 9.17) is 9.16 Å². The Hall–Kier alpha value is -2.40. The first-order valence-corrected chi connectivity index (χ1v) is 11.6. The van der Waals surface area contributed by atoms with E-state index in [-0.39, 0.29) is 11.5 Å². The van der Waals surface area contributed by atoms with Crippen LogP contribution in [-0.4, -0.2) is 25.6 Å². The van der Waals surface area contributed by atoms with Crippen LogP contribution >= 0.6 is 0 Å². The van der Waals surface area contributed by atoms with Gasteiger partial charge in [0.2, 0.25) is 0 Å². The standard InChI is InChI=1S/C21H28O4Si/c1-5-26(6-2,7-3)25-21-11-10-20(24-4)14-17(21)9-8-16-12-18(22)15-19(23)13-16/h8-15,22-23H,5-7H2,1-4H3/b9-8+. The zero-order chi connectivity index (χ0) is 19.2. The number of rotatable bonds is 8. The Morgan fingerprint density at radius 3 is 2.04 bits per heavy atom. The lowest BCUT2D eigenvalue weighted by molar-refractivity contribution is 0.413. The molecule has 4 nitrogen and oxygen atoms in total. The topological polar surface area (TPSA) is 58.9 Å². The highest BCUT2D eigenvalue weighted by Gasteiger charge is 2.31. The fraction of sp³-hybridized carbons (Fsp3) is 0.333. The number of aromatic hydroxyl groups is 2. The molecule has 2 aromatic carbocycles. The lowest BCUT2D eigenvalue weighted by atomic mass is 10.1. The summed E-state index contributed by atoms with van der Waals surface area (Å²) in [4.78, 5) is 0. The van der Waals surface area contributed by atoms with Gasteiger partial charge in [0, 0.05) is 11.6 Å². The molecule has 0 aromatic heterocycles. The minimum Gasteiger partial charge on any atom is -0.543 e. The third-order valence-electron chi connectivity index (χ3n) is 4.86. The first-order chi connectivity index (χ1) is 12.4. The number of hydrogen-bond donors (Lipinski definition) is 2. The van der Waals surface area contributed by atoms with Crippen molar-refractivity contribution in [2.45, 2.75) is 38.9 Å². The summed E-state index contributed by atoms with van der Waals surface area (Å²) in [5.41, 5.74) is 1.63. The smallest absolute Gasteiger partial charge is 0.250 e. The van der Waals surface area contributed by atoms with Crippen molar-refractivity contribution in [1.29, 1.82) is 0 Å². The molecule has 2 rings (SSSR count). The molecule has 0 aliphatic rings. The summed E-state index contributed by atoms with van der Waals surface area (Å²) in [6.45, 7) is 6.61. The second-order valence-corrected chi connectivity index (χ2v) is 11.1. The van der Waals surface area contributed by atoms with E-state index >= 15 is 0 Å². The molecular formula is C21H28O4Si. The van der Waals surface area contributed by atoms with Crippen LogP contribution in [0.1, 0.15) is 31.9 Å². The Morgan fingerprint density at radius 2 is 1.50 bits per heavy atom. The second-order valence-electron chi connectivity index (χ2n) is 6.37. The van der Waals surface area contributed by atoms with Gasteiger partial charge in [-0.15, -0.1) is 0 Å². The number of hydrogen-bond acceptors (Lipinski definition) is 4. The molecule has 0 unspecified atom stereocenters. The van der Waals surface area contributed by atoms with Crippen molar-refractivity contribution < 1.29 is 19.4 Å². The van der Waals surface area contributed by atoms with E-state index in [1.165, 1.54) is 6.07 Å². The Labute approximate surface area is 156 Å². The maximum atomic E-state index is 9.64. The monoisotopic (exact) mass is 372 g/mol. The van der Waals surface area contributed by atoms with Crippen LogP contribution in [0.25, 0.3) is 12.2 Å². The van der Waals surface area contributed by atoms with Crippen LogP contribution in [0.2, 0.25) is 18.1 Å². The quantitative estimate of drug-likeness (QED) is 0.463. The van der Waals surface area contributed by atoms with Gasteiger partial charge in [-0.1, -0.05) is 32.9 Å². The molecule has 5 heteroatoms. The highest BCUT2D eigenvalue weighted by Crippen LogP contribution is 2.32. The zero-order valence-corrected chi connectivity index (χ0v) is 17.0. The highest BCUT2D eigenvalue weighted by molar-refractivity contribution is 6.74. The highest BCUT2D eigenvalue weighted by atomic mass is 28.4. The van der Waals surface area contributed by atoms with E-state index in [0.29, 0.717) is 5.56 Å². The molecule has 0 bridgehead atoms. The molecule has 2 N–H and O–H groups in total. The van der Waals surface area contributed by atoms with Gasteiger partial charge in [0.05, 0.1) is 7.11 Å². The molecule has 0 aliphatic carbocycles. The van der Waals surface area contributed by atoms with Gasteiger partial charge in [0.1, 0.15) is 23.0 Å². The SMILES string of the molecule is CC[Si](CC)(CC)Oc1ccc(OC)cc1/C=C/c1cc(O)cc(O)c1. The van der Waals surface area contributed by atoms with E-state index in [1.54, 1.807) is 19.2 Å². The van der Waals surface area contributed by atoms with E-state index < -0.39 is 8.32 Å². The van der Waals surface area contributed by atoms with Gasteiger partial charge in [0.25, 0.3) is 8.32 Å². The van der Waals surface area contributed by atoms with Crippen LogP contribution in [0, 0.1) is 0 Å². The first-order valence-electron chi connectivity index (χ1n) is 9.03. The predicted molar refractivity (Wildman–Crippen MR) is 110 cm³/mol. The molecule has 0 radical (unpaired) electrons. The van der Waals surface area contributed by atoms with Crippen LogP contribution in [0.4, 0.5) is 0 Å². The normalized spacial score (nSPS) is 11.7. The van der Waals surface area contributed by atoms with Crippen molar-refractivity contribution in [1.82, 2.24) is 0 Å². The maximum Gasteiger partial charge on any atom is 0.250 e. The molecule has 26 heavy (non-hydrogen) atoms. The Morgan fingerprint density at radius 1 is 0.885 bits per heavy atom. The molecule has 2 aromatic rings. The van der Waals surface area contributed by atoms with Crippen LogP contribution in [0.15, 0.2) is 36.4 Å². The van der Waals surface area contributed by atoms with Crippen LogP contribution < -0.4 is 9.16 Å². The van der Waals surface area contributed by atoms with Crippen molar-refractivity contribution in [2.24, 2.45) is 0 Å². The molecule has 0 heterocycles. The lowest BCUT2D eigenvalue weighted by Gasteiger charge is -2.30. The van der Waals surface area contributed by atoms with Gasteiger partial charge >= 0.3 is 0 Å². The van der Waals surface area contributed by atoms with Crippen molar-refractivity contribution in [3.8, 4) is 23.0 Å². The van der Waals surface area contributed by atoms with Crippen molar-refractivity contribution in [2.75, 3.05) is 7.11 Å². The number of methoxy groups -OCH3 is 1. The number of phenols is 2. The fourth-order valence-corrected chi connectivity index (χ4v) is 5.56. The second kappa shape index (κ2) is 8.81. The molecule has 0 saturated carbocycles. The first kappa shape index (κ1) is 19.9. The molecule has 140 valence electrons. The Kier molecular flexibility index (Phi) is 6.74. The molecule has 0 aliphatic heterocycles. The van der Waals surface area contributed by atoms with Gasteiger partial charge in [-0.25, -0.2) is 0 Å². The largest absolute Gasteiger partial charge is 0.543 e. The zero-order valence-electron chi connectivity index (χ0n) is 16.0. The number of phenolic OH excluding ortho intramolecular Hbond substituents is 2. The average molecular weight is 373 g/mol. The van der Waals surface area contributed by atoms with E-state index in [9.17, 15) is 10.2 Å². The summed E-state index contributed by atoms with van der Waals surface area (Å²) in [5, 5.41) is 19.3. The summed E-state index contributed by atoms with van der Waals surface area (Å²) in [7, 11) is -0.159. The third-order valence-corrected chi connectivity index (χ3v) is 9.38. The molecule has 0 saturated heterocycles. The van der Waals surface area contributed by atoms with Crippen molar-refractivity contribution in [3.63, 3.8) is 0 Å². The average Bonchev–Trinajstić information content (AvgIpc) is 2.64. The van der Waals surface area contributed by atoms with E-state index in [1.807, 2.05) is 30.4 Å². The summed E-state index contributed by atoms with van der Waals surface area (Å²) < 4.78 is 11.9. The lowest BCUT2D eigenvalue weighted by Crippen LogP contribution is -2.39. The summed E-state index contributed by atoms with van der Waals surface area (Å²) >= 11 is 0. The fourth-order valence-electron chi connectivity index (χ4n) is 2.98. The van der Waals surface area contributed by atoms with Crippen molar-refractivity contribution >= 4 is 20.5 Å². The minimum absolute atomic E-state index is 0.0288. The van der Waals surface area contributed by atoms with Gasteiger partial charge in [-0.3, -0.25) is 0 Å². The number of benzene rings is 2. The van der Waals surface area contributed by atoms with Crippen molar-refractivity contribution in [3.05, 3.63) is 47.5 Å². The van der Waals surface area contributed by atoms with Crippen LogP contribution in [-0.2, 0) is 0 Å². The maximum absolute atomic E-state index is 9.64. The van der Waals surface area contributed by atoms with Gasteiger partial charge < -0.3 is 19.4 Å². The van der Waals surface area contributed by atoms with Crippen LogP contribution in [0.3, 0.4) is 0 Å². The summed E-state index contributed by atoms with van der Waals surface area (Å²) in [6.07, 6.45) is 3.76. The summed E-state index contributed by atoms with van der Waals surface area (Å²) in [6, 6.07) is 13.5. The minimum atomic E-state index is -1.80. The van der Waals surface area contributed by atoms with Gasteiger partial charge in [-0.2, -0.15) is 0 Å². The molecule has 0 atom stereocenters. The van der Waals surface area contributed by atoms with Gasteiger partial charge in [0.15, 0.2) is 0 Å². The molecule has 0 amide bonds. The Balaban J connectivity index is 2.40. The van der Waals surface area contributed by atoms with Crippen LogP contribution in [0.5, 0.6) is 23.0 Å². The number of ether oxygens (including phenoxy) is 1. The molecule has 0 spiro atoms. The summed E-state index contributed by atoms with van der Waals surface area (Å²) in [5.74, 6) is 1.67. The van der Waals surface area contributed by atoms with E-state index in [0.717, 1.165) is 35.2 Å². The predicted octanol–water partition coefficient (Wildman–Crippen LogP) is 5.66. The van der Waals surface area contributed by atoms with E-state index in [2.05, 4.69) is 20.8 Å². The third kappa shape index (κ3) is 4.82. The Bertz CT molecular complexity index is 738. The molecule has 0 fully saturated rings. The molecular weight excluding hydrogens is 344 g/mol.